The Labute approximate surface area is 176 Å². The van der Waals surface area contributed by atoms with Gasteiger partial charge in [0.2, 0.25) is 11.8 Å². The maximum Gasteiger partial charge on any atom is 0.251 e. The van der Waals surface area contributed by atoms with Crippen LogP contribution in [0.5, 0.6) is 5.88 Å². The van der Waals surface area contributed by atoms with E-state index in [0.717, 1.165) is 31.6 Å². The monoisotopic (exact) mass is 409 g/mol. The smallest absolute Gasteiger partial charge is 0.251 e. The van der Waals surface area contributed by atoms with Gasteiger partial charge in [0.05, 0.1) is 12.6 Å². The van der Waals surface area contributed by atoms with E-state index in [9.17, 15) is 9.59 Å². The lowest BCUT2D eigenvalue weighted by Crippen LogP contribution is -2.37. The number of likely N-dealkylation sites (tertiary alicyclic amines) is 1. The number of benzene rings is 1. The molecule has 158 valence electrons. The number of amides is 2. The number of ether oxygens (including phenoxy) is 2. The van der Waals surface area contributed by atoms with E-state index in [4.69, 9.17) is 9.47 Å². The zero-order valence-corrected chi connectivity index (χ0v) is 17.0. The standard InChI is InChI=1S/C23H27N3O4/c27-22-13-20(15-26(22)14-17-4-2-1-3-5-17)25-23(28)19-6-9-24-21(12-19)30-16-18-7-10-29-11-8-18/h1-6,9,12,18,20H,7-8,10-11,13-16H2,(H,25,28)/t20-/m1/s1. The summed E-state index contributed by atoms with van der Waals surface area (Å²) in [7, 11) is 0. The molecular formula is C23H27N3O4. The number of carbonyl (C=O) groups is 2. The van der Waals surface area contributed by atoms with Gasteiger partial charge < -0.3 is 19.7 Å². The van der Waals surface area contributed by atoms with Gasteiger partial charge in [-0.25, -0.2) is 4.98 Å². The van der Waals surface area contributed by atoms with Crippen LogP contribution in [0.25, 0.3) is 0 Å². The molecule has 0 spiro atoms. The van der Waals surface area contributed by atoms with Gasteiger partial charge in [0.25, 0.3) is 5.91 Å². The Hall–Kier alpha value is -2.93. The van der Waals surface area contributed by atoms with Crippen LogP contribution in [0.1, 0.15) is 35.2 Å². The first-order valence-corrected chi connectivity index (χ1v) is 10.5. The summed E-state index contributed by atoms with van der Waals surface area (Å²) in [4.78, 5) is 31.0. The van der Waals surface area contributed by atoms with Crippen molar-refractivity contribution < 1.29 is 19.1 Å². The van der Waals surface area contributed by atoms with Gasteiger partial charge in [0.1, 0.15) is 0 Å². The lowest BCUT2D eigenvalue weighted by Gasteiger charge is -2.21. The third-order valence-electron chi connectivity index (χ3n) is 5.57. The molecule has 4 rings (SSSR count). The summed E-state index contributed by atoms with van der Waals surface area (Å²) in [5.41, 5.74) is 1.57. The van der Waals surface area contributed by atoms with Crippen molar-refractivity contribution in [3.05, 3.63) is 59.8 Å². The Kier molecular flexibility index (Phi) is 6.59. The van der Waals surface area contributed by atoms with Crippen LogP contribution >= 0.6 is 0 Å². The fourth-order valence-electron chi connectivity index (χ4n) is 3.84. The molecule has 0 bridgehead atoms. The summed E-state index contributed by atoms with van der Waals surface area (Å²) < 4.78 is 11.2. The van der Waals surface area contributed by atoms with E-state index in [2.05, 4.69) is 10.3 Å². The van der Waals surface area contributed by atoms with Gasteiger partial charge in [0.15, 0.2) is 0 Å². The van der Waals surface area contributed by atoms with E-state index in [1.54, 1.807) is 23.2 Å². The molecule has 7 heteroatoms. The van der Waals surface area contributed by atoms with E-state index in [-0.39, 0.29) is 17.9 Å². The Morgan fingerprint density at radius 3 is 2.80 bits per heavy atom. The fraction of sp³-hybridized carbons (Fsp3) is 0.435. The zero-order chi connectivity index (χ0) is 20.8. The Balaban J connectivity index is 1.30. The number of nitrogens with zero attached hydrogens (tertiary/aromatic N) is 2. The summed E-state index contributed by atoms with van der Waals surface area (Å²) in [6.45, 7) is 3.19. The number of hydrogen-bond donors (Lipinski definition) is 1. The second-order valence-electron chi connectivity index (χ2n) is 7.88. The van der Waals surface area contributed by atoms with Crippen molar-refractivity contribution in [1.29, 1.82) is 0 Å². The molecule has 30 heavy (non-hydrogen) atoms. The molecule has 1 aromatic heterocycles. The molecule has 1 aromatic carbocycles. The molecule has 0 radical (unpaired) electrons. The predicted octanol–water partition coefficient (Wildman–Crippen LogP) is 2.42. The number of aromatic nitrogens is 1. The normalized spacial score (nSPS) is 19.7. The van der Waals surface area contributed by atoms with Crippen molar-refractivity contribution in [2.45, 2.75) is 31.8 Å². The highest BCUT2D eigenvalue weighted by atomic mass is 16.5. The number of hydrogen-bond acceptors (Lipinski definition) is 5. The molecule has 7 nitrogen and oxygen atoms in total. The summed E-state index contributed by atoms with van der Waals surface area (Å²) in [5.74, 6) is 0.743. The van der Waals surface area contributed by atoms with E-state index < -0.39 is 0 Å². The maximum atomic E-state index is 12.7. The van der Waals surface area contributed by atoms with E-state index in [1.807, 2.05) is 30.3 Å². The molecule has 3 heterocycles. The van der Waals surface area contributed by atoms with Gasteiger partial charge in [-0.2, -0.15) is 0 Å². The molecule has 1 atom stereocenters. The van der Waals surface area contributed by atoms with Crippen molar-refractivity contribution in [3.63, 3.8) is 0 Å². The van der Waals surface area contributed by atoms with Gasteiger partial charge in [-0.3, -0.25) is 9.59 Å². The Morgan fingerprint density at radius 1 is 1.20 bits per heavy atom. The third kappa shape index (κ3) is 5.36. The quantitative estimate of drug-likeness (QED) is 0.760. The number of rotatable bonds is 7. The maximum absolute atomic E-state index is 12.7. The molecule has 2 aromatic rings. The van der Waals surface area contributed by atoms with Crippen LogP contribution in [0.15, 0.2) is 48.7 Å². The summed E-state index contributed by atoms with van der Waals surface area (Å²) >= 11 is 0. The highest BCUT2D eigenvalue weighted by molar-refractivity contribution is 5.95. The summed E-state index contributed by atoms with van der Waals surface area (Å²) in [5, 5.41) is 2.97. The van der Waals surface area contributed by atoms with Gasteiger partial charge in [-0.05, 0) is 30.4 Å². The van der Waals surface area contributed by atoms with Crippen molar-refractivity contribution in [2.24, 2.45) is 5.92 Å². The number of pyridine rings is 1. The minimum absolute atomic E-state index is 0.0550. The predicted molar refractivity (Wildman–Crippen MR) is 111 cm³/mol. The topological polar surface area (TPSA) is 80.8 Å². The second-order valence-corrected chi connectivity index (χ2v) is 7.88. The van der Waals surface area contributed by atoms with Crippen LogP contribution in [0, 0.1) is 5.92 Å². The number of nitrogens with one attached hydrogen (secondary N) is 1. The minimum Gasteiger partial charge on any atom is -0.477 e. The molecule has 2 aliphatic heterocycles. The van der Waals surface area contributed by atoms with Crippen LogP contribution in [-0.4, -0.2) is 54.1 Å². The van der Waals surface area contributed by atoms with Crippen molar-refractivity contribution in [1.82, 2.24) is 15.2 Å². The van der Waals surface area contributed by atoms with Gasteiger partial charge in [0, 0.05) is 50.6 Å². The fourth-order valence-corrected chi connectivity index (χ4v) is 3.84. The van der Waals surface area contributed by atoms with Crippen LogP contribution in [0.4, 0.5) is 0 Å². The first-order chi connectivity index (χ1) is 14.7. The van der Waals surface area contributed by atoms with Crippen LogP contribution in [0.3, 0.4) is 0 Å². The average Bonchev–Trinajstić information content (AvgIpc) is 3.12. The summed E-state index contributed by atoms with van der Waals surface area (Å²) in [6, 6.07) is 13.0. The molecule has 2 saturated heterocycles. The van der Waals surface area contributed by atoms with Crippen molar-refractivity contribution >= 4 is 11.8 Å². The average molecular weight is 409 g/mol. The second kappa shape index (κ2) is 9.71. The van der Waals surface area contributed by atoms with Gasteiger partial charge in [-0.1, -0.05) is 30.3 Å². The largest absolute Gasteiger partial charge is 0.477 e. The molecule has 2 aliphatic rings. The Morgan fingerprint density at radius 2 is 2.00 bits per heavy atom. The van der Waals surface area contributed by atoms with Crippen molar-refractivity contribution in [3.8, 4) is 5.88 Å². The molecule has 0 saturated carbocycles. The van der Waals surface area contributed by atoms with Crippen LogP contribution in [0.2, 0.25) is 0 Å². The van der Waals surface area contributed by atoms with Crippen LogP contribution < -0.4 is 10.1 Å². The molecule has 2 fully saturated rings. The zero-order valence-electron chi connectivity index (χ0n) is 17.0. The van der Waals surface area contributed by atoms with Crippen molar-refractivity contribution in [2.75, 3.05) is 26.4 Å². The molecule has 2 amide bonds. The lowest BCUT2D eigenvalue weighted by molar-refractivity contribution is -0.128. The highest BCUT2D eigenvalue weighted by Crippen LogP contribution is 2.18. The van der Waals surface area contributed by atoms with Crippen LogP contribution in [-0.2, 0) is 16.1 Å². The minimum atomic E-state index is -0.215. The SMILES string of the molecule is O=C(N[C@@H]1CC(=O)N(Cc2ccccc2)C1)c1ccnc(OCC2CCOCC2)c1. The number of carbonyl (C=O) groups excluding carboxylic acids is 2. The highest BCUT2D eigenvalue weighted by Gasteiger charge is 2.30. The molecule has 1 N–H and O–H groups in total. The lowest BCUT2D eigenvalue weighted by atomic mass is 10.0. The van der Waals surface area contributed by atoms with E-state index in [0.29, 0.717) is 43.5 Å². The summed E-state index contributed by atoms with van der Waals surface area (Å²) in [6.07, 6.45) is 3.86. The Bertz CT molecular complexity index is 868. The van der Waals surface area contributed by atoms with E-state index >= 15 is 0 Å². The van der Waals surface area contributed by atoms with E-state index in [1.165, 1.54) is 0 Å². The van der Waals surface area contributed by atoms with Gasteiger partial charge >= 0.3 is 0 Å². The molecule has 0 aliphatic carbocycles. The third-order valence-corrected chi connectivity index (χ3v) is 5.57. The first-order valence-electron chi connectivity index (χ1n) is 10.5. The molecule has 0 unspecified atom stereocenters. The molecular weight excluding hydrogens is 382 g/mol. The van der Waals surface area contributed by atoms with Gasteiger partial charge in [-0.15, -0.1) is 0 Å². The first kappa shape index (κ1) is 20.3.